The summed E-state index contributed by atoms with van der Waals surface area (Å²) in [4.78, 5) is 35.1. The number of aliphatic hydroxyl groups is 5. The third-order valence-electron chi connectivity index (χ3n) is 13.8. The molecule has 58 heavy (non-hydrogen) atoms. The Balaban J connectivity index is 0.000000196. The Morgan fingerprint density at radius 3 is 2.36 bits per heavy atom. The zero-order valence-electron chi connectivity index (χ0n) is 33.6. The average Bonchev–Trinajstić information content (AvgIpc) is 3.60. The number of hydrogen-bond donors (Lipinski definition) is 6. The Morgan fingerprint density at radius 2 is 1.72 bits per heavy atom. The van der Waals surface area contributed by atoms with Gasteiger partial charge in [-0.15, -0.1) is 0 Å². The van der Waals surface area contributed by atoms with Crippen molar-refractivity contribution in [3.63, 3.8) is 0 Å². The normalized spacial score (nSPS) is 32.6. The Hall–Kier alpha value is -4.33. The molecule has 0 bridgehead atoms. The van der Waals surface area contributed by atoms with Crippen molar-refractivity contribution >= 4 is 34.5 Å². The van der Waals surface area contributed by atoms with Gasteiger partial charge in [-0.1, -0.05) is 61.9 Å². The number of carbonyl (C=O) groups excluding carboxylic acids is 2. The van der Waals surface area contributed by atoms with E-state index in [1.807, 2.05) is 24.3 Å². The minimum absolute atomic E-state index is 0.0676. The lowest BCUT2D eigenvalue weighted by atomic mass is 9.44. The minimum Gasteiger partial charge on any atom is -0.481 e. The van der Waals surface area contributed by atoms with Crippen LogP contribution in [0, 0.1) is 34.4 Å². The molecule has 4 aliphatic rings. The number of rotatable bonds is 10. The molecule has 6 N–H and O–H groups in total. The van der Waals surface area contributed by atoms with Crippen LogP contribution in [0.4, 0.5) is 8.78 Å². The fraction of sp³-hybridized carbons (Fsp3) is 0.500. The predicted octanol–water partition coefficient (Wildman–Crippen LogP) is 6.52. The summed E-state index contributed by atoms with van der Waals surface area (Å²) in [5, 5.41) is 61.8. The van der Waals surface area contributed by atoms with Crippen LogP contribution in [0.15, 0.2) is 78.4 Å². The third-order valence-corrected chi connectivity index (χ3v) is 13.8. The number of allylic oxidation sites excluding steroid dienone is 4. The summed E-state index contributed by atoms with van der Waals surface area (Å²) in [6, 6.07) is 14.4. The van der Waals surface area contributed by atoms with Crippen LogP contribution in [0.1, 0.15) is 84.9 Å². The van der Waals surface area contributed by atoms with Crippen molar-refractivity contribution in [1.82, 2.24) is 4.57 Å². The summed E-state index contributed by atoms with van der Waals surface area (Å²) in [5.41, 5.74) is -1.52. The van der Waals surface area contributed by atoms with Crippen LogP contribution in [0.25, 0.3) is 28.1 Å². The van der Waals surface area contributed by atoms with E-state index >= 15 is 4.39 Å². The number of carboxylic acid groups (broad SMARTS) is 1. The third kappa shape index (κ3) is 7.00. The summed E-state index contributed by atoms with van der Waals surface area (Å²) >= 11 is 0. The van der Waals surface area contributed by atoms with Gasteiger partial charge in [0.1, 0.15) is 18.0 Å². The molecule has 4 aliphatic carbocycles. The van der Waals surface area contributed by atoms with Gasteiger partial charge in [0, 0.05) is 51.4 Å². The molecule has 312 valence electrons. The molecule has 0 aliphatic heterocycles. The molecule has 2 aromatic carbocycles. The summed E-state index contributed by atoms with van der Waals surface area (Å²) in [5.74, 6) is -3.55. The number of nitrogens with zero attached hydrogens (tertiary/aromatic N) is 1. The van der Waals surface area contributed by atoms with Gasteiger partial charge in [-0.05, 0) is 100 Å². The van der Waals surface area contributed by atoms with E-state index in [9.17, 15) is 44.3 Å². The molecule has 7 rings (SSSR count). The number of benzene rings is 2. The van der Waals surface area contributed by atoms with Crippen LogP contribution in [-0.2, 0) is 14.4 Å². The summed E-state index contributed by atoms with van der Waals surface area (Å²) in [6.45, 7) is 8.60. The number of fused-ring (bicyclic) bond motifs is 6. The quantitative estimate of drug-likeness (QED) is 0.133. The molecule has 0 amide bonds. The van der Waals surface area contributed by atoms with Gasteiger partial charge in [0.05, 0.1) is 24.7 Å². The van der Waals surface area contributed by atoms with E-state index < -0.39 is 77.0 Å². The fourth-order valence-corrected chi connectivity index (χ4v) is 11.0. The van der Waals surface area contributed by atoms with E-state index in [4.69, 9.17) is 5.11 Å². The van der Waals surface area contributed by atoms with Gasteiger partial charge in [-0.2, -0.15) is 0 Å². The average molecular weight is 804 g/mol. The lowest BCUT2D eigenvalue weighted by Gasteiger charge is -2.62. The van der Waals surface area contributed by atoms with Crippen molar-refractivity contribution in [3.05, 3.63) is 89.9 Å². The molecule has 0 radical (unpaired) electrons. The van der Waals surface area contributed by atoms with E-state index in [2.05, 4.69) is 18.4 Å². The molecule has 1 aromatic heterocycles. The summed E-state index contributed by atoms with van der Waals surface area (Å²) in [6.07, 6.45) is 5.17. The highest BCUT2D eigenvalue weighted by molar-refractivity contribution is 6.02. The van der Waals surface area contributed by atoms with Gasteiger partial charge in [0.2, 0.25) is 0 Å². The van der Waals surface area contributed by atoms with Crippen molar-refractivity contribution in [3.8, 4) is 11.1 Å². The second-order valence-electron chi connectivity index (χ2n) is 17.4. The number of carboxylic acids is 1. The number of aromatic nitrogens is 1. The first kappa shape index (κ1) is 43.3. The number of halogens is 2. The predicted molar refractivity (Wildman–Crippen MR) is 216 cm³/mol. The monoisotopic (exact) mass is 803 g/mol. The Bertz CT molecular complexity index is 2160. The van der Waals surface area contributed by atoms with E-state index in [1.165, 1.54) is 24.3 Å². The van der Waals surface area contributed by atoms with Crippen LogP contribution in [0.5, 0.6) is 0 Å². The van der Waals surface area contributed by atoms with E-state index in [1.54, 1.807) is 51.1 Å². The lowest BCUT2D eigenvalue weighted by molar-refractivity contribution is -0.219. The Labute approximate surface area is 337 Å². The maximum atomic E-state index is 16.9. The number of hydrogen-bond acceptors (Lipinski definition) is 8. The van der Waals surface area contributed by atoms with Crippen LogP contribution < -0.4 is 0 Å². The highest BCUT2D eigenvalue weighted by Gasteiger charge is 2.75. The molecule has 10 nitrogen and oxygen atoms in total. The molecular weight excluding hydrogens is 749 g/mol. The first-order chi connectivity index (χ1) is 27.2. The van der Waals surface area contributed by atoms with Crippen LogP contribution in [-0.4, -0.2) is 88.9 Å². The van der Waals surface area contributed by atoms with Crippen molar-refractivity contribution in [1.29, 1.82) is 0 Å². The van der Waals surface area contributed by atoms with E-state index in [-0.39, 0.29) is 36.4 Å². The molecule has 3 fully saturated rings. The fourth-order valence-electron chi connectivity index (χ4n) is 11.0. The van der Waals surface area contributed by atoms with Crippen molar-refractivity contribution in [2.45, 2.75) is 109 Å². The SMILES string of the molecule is CC(C)n1c(/C=C/[C@@H](O)C[C@@H](O)CC(=O)O)c(-c2ccc(F)cc2)c2ccccc21.C[C@H]1C[C@H]2[C@@H]3CCC4=CC(=O)C=C[C@]4(C)[C@@]3(F)[C@@H](O)C[C@]2(C)[C@@]1(O)C(=O)CO. The topological polar surface area (TPSA) is 178 Å². The standard InChI is InChI=1S/C24H26FNO4.C22H29FO5/c1-15(2)26-21-6-4-3-5-20(21)24(16-7-9-17(25)10-8-16)22(26)12-11-18(27)13-19(28)14-23(29)30;1-12-8-16-15-5-4-13-9-14(25)6-7-19(13,2)21(15,23)17(26)10-20(16,3)22(12,28)18(27)11-24/h3-12,15,18-19,27-28H,13-14H2,1-2H3,(H,29,30);6-7,9,12,15-17,24,26,28H,4-5,8,10-11H2,1-3H3/b12-11+;/t18-,19-;12-,15-,16-,17-,19-,20-,21-,22-/m10/s1. The maximum absolute atomic E-state index is 16.9. The lowest BCUT2D eigenvalue weighted by Crippen LogP contribution is -2.69. The van der Waals surface area contributed by atoms with Gasteiger partial charge >= 0.3 is 5.97 Å². The molecule has 0 unspecified atom stereocenters. The first-order valence-electron chi connectivity index (χ1n) is 20.1. The zero-order valence-corrected chi connectivity index (χ0v) is 33.6. The van der Waals surface area contributed by atoms with Crippen molar-refractivity contribution < 1.29 is 53.8 Å². The summed E-state index contributed by atoms with van der Waals surface area (Å²) < 4.78 is 32.5. The Morgan fingerprint density at radius 1 is 1.05 bits per heavy atom. The van der Waals surface area contributed by atoms with Gasteiger partial charge in [0.15, 0.2) is 17.2 Å². The number of carbonyl (C=O) groups is 3. The molecule has 0 saturated heterocycles. The second-order valence-corrected chi connectivity index (χ2v) is 17.4. The van der Waals surface area contributed by atoms with Gasteiger partial charge < -0.3 is 35.2 Å². The summed E-state index contributed by atoms with van der Waals surface area (Å²) in [7, 11) is 0. The Kier molecular flexibility index (Phi) is 12.0. The first-order valence-corrected chi connectivity index (χ1v) is 20.1. The number of alkyl halides is 1. The molecule has 0 spiro atoms. The van der Waals surface area contributed by atoms with Gasteiger partial charge in [-0.25, -0.2) is 8.78 Å². The second kappa shape index (κ2) is 16.0. The van der Waals surface area contributed by atoms with Crippen LogP contribution in [0.2, 0.25) is 0 Å². The number of para-hydroxylation sites is 1. The number of aliphatic hydroxyl groups excluding tert-OH is 4. The number of ketones is 2. The smallest absolute Gasteiger partial charge is 0.305 e. The van der Waals surface area contributed by atoms with E-state index in [0.29, 0.717) is 24.8 Å². The molecule has 12 heteroatoms. The van der Waals surface area contributed by atoms with Crippen LogP contribution in [0.3, 0.4) is 0 Å². The zero-order chi connectivity index (χ0) is 42.5. The minimum atomic E-state index is -1.98. The number of aliphatic carboxylic acids is 1. The molecule has 1 heterocycles. The molecule has 10 atom stereocenters. The highest BCUT2D eigenvalue weighted by atomic mass is 19.1. The molecular formula is C46H55F2NO9. The van der Waals surface area contributed by atoms with E-state index in [0.717, 1.165) is 27.7 Å². The van der Waals surface area contributed by atoms with Crippen LogP contribution >= 0.6 is 0 Å². The largest absolute Gasteiger partial charge is 0.481 e. The van der Waals surface area contributed by atoms with Gasteiger partial charge in [0.25, 0.3) is 0 Å². The van der Waals surface area contributed by atoms with Crippen molar-refractivity contribution in [2.75, 3.05) is 6.61 Å². The van der Waals surface area contributed by atoms with Gasteiger partial charge in [-0.3, -0.25) is 14.4 Å². The maximum Gasteiger partial charge on any atom is 0.305 e. The molecule has 3 aromatic rings. The van der Waals surface area contributed by atoms with Crippen molar-refractivity contribution in [2.24, 2.45) is 28.6 Å². The highest BCUT2D eigenvalue weighted by Crippen LogP contribution is 2.70. The number of Topliss-reactive ketones (excluding diaryl/α,β-unsaturated/α-hetero) is 1. The molecule has 3 saturated carbocycles.